The van der Waals surface area contributed by atoms with Crippen molar-refractivity contribution >= 4 is 35.2 Å². The van der Waals surface area contributed by atoms with Crippen LogP contribution in [0.1, 0.15) is 77.7 Å². The van der Waals surface area contributed by atoms with E-state index in [1.165, 1.54) is 24.9 Å². The normalized spacial score (nSPS) is 27.2. The first-order chi connectivity index (χ1) is 23.0. The van der Waals surface area contributed by atoms with E-state index in [4.69, 9.17) is 9.47 Å². The second-order valence-electron chi connectivity index (χ2n) is 12.6. The van der Waals surface area contributed by atoms with Gasteiger partial charge in [-0.1, -0.05) is 68.7 Å². The molecule has 2 amide bonds. The van der Waals surface area contributed by atoms with Crippen LogP contribution in [0.4, 0.5) is 5.69 Å². The Morgan fingerprint density at radius 2 is 1.81 bits per heavy atom. The second kappa shape index (κ2) is 19.5. The Balaban J connectivity index is 1.87. The maximum Gasteiger partial charge on any atom is 0.328 e. The number of anilines is 1. The van der Waals surface area contributed by atoms with E-state index >= 15 is 0 Å². The van der Waals surface area contributed by atoms with E-state index in [1.54, 1.807) is 44.4 Å². The van der Waals surface area contributed by atoms with E-state index in [0.717, 1.165) is 32.1 Å². The van der Waals surface area contributed by atoms with Gasteiger partial charge >= 0.3 is 5.97 Å². The Morgan fingerprint density at radius 1 is 1.10 bits per heavy atom. The van der Waals surface area contributed by atoms with E-state index in [0.29, 0.717) is 35.3 Å². The van der Waals surface area contributed by atoms with Crippen LogP contribution in [0.25, 0.3) is 0 Å². The zero-order valence-electron chi connectivity index (χ0n) is 28.7. The fraction of sp³-hybridized carbons (Fsp3) is 0.541. The first kappa shape index (κ1) is 38.9. The van der Waals surface area contributed by atoms with Crippen molar-refractivity contribution in [2.45, 2.75) is 108 Å². The number of carbonyl (C=O) groups excluding carboxylic acids is 3. The predicted molar refractivity (Wildman–Crippen MR) is 189 cm³/mol. The van der Waals surface area contributed by atoms with Crippen molar-refractivity contribution < 1.29 is 39.2 Å². The summed E-state index contributed by atoms with van der Waals surface area (Å²) >= 11 is 1.28. The van der Waals surface area contributed by atoms with Crippen molar-refractivity contribution in [3.8, 4) is 11.5 Å². The van der Waals surface area contributed by atoms with Gasteiger partial charge in [-0.25, -0.2) is 4.79 Å². The van der Waals surface area contributed by atoms with Crippen LogP contribution in [-0.2, 0) is 30.3 Å². The van der Waals surface area contributed by atoms with Crippen LogP contribution in [0.5, 0.6) is 11.5 Å². The number of benzene rings is 1. The molecule has 48 heavy (non-hydrogen) atoms. The third-order valence-corrected chi connectivity index (χ3v) is 9.89. The van der Waals surface area contributed by atoms with Gasteiger partial charge in [0.2, 0.25) is 11.8 Å². The number of thioether (sulfide) groups is 1. The van der Waals surface area contributed by atoms with E-state index < -0.39 is 42.1 Å². The molecule has 1 aromatic carbocycles. The zero-order valence-corrected chi connectivity index (χ0v) is 29.6. The fourth-order valence-electron chi connectivity index (χ4n) is 6.03. The number of methoxy groups -OCH3 is 1. The number of hydrogen-bond donors (Lipinski definition) is 5. The van der Waals surface area contributed by atoms with E-state index in [2.05, 4.69) is 10.6 Å². The van der Waals surface area contributed by atoms with Crippen molar-refractivity contribution in [2.24, 2.45) is 11.8 Å². The van der Waals surface area contributed by atoms with Crippen molar-refractivity contribution in [3.05, 3.63) is 59.7 Å². The highest BCUT2D eigenvalue weighted by Gasteiger charge is 2.31. The van der Waals surface area contributed by atoms with Crippen LogP contribution < -0.4 is 10.6 Å². The molecule has 0 spiro atoms. The molecule has 0 radical (unpaired) electrons. The monoisotopic (exact) mass is 684 g/mol. The van der Waals surface area contributed by atoms with Crippen molar-refractivity contribution in [1.82, 2.24) is 5.32 Å². The number of esters is 1. The Labute approximate surface area is 288 Å². The number of phenolic OH excluding ortho intramolecular Hbond substituents is 2. The minimum Gasteiger partial charge on any atom is -0.507 e. The number of aliphatic hydroxyl groups is 1. The lowest BCUT2D eigenvalue weighted by Gasteiger charge is -2.29. The van der Waals surface area contributed by atoms with Gasteiger partial charge in [-0.15, -0.1) is 11.8 Å². The summed E-state index contributed by atoms with van der Waals surface area (Å²) in [5, 5.41) is 38.7. The molecule has 3 rings (SSSR count). The molecule has 11 heteroatoms. The van der Waals surface area contributed by atoms with Gasteiger partial charge in [0.15, 0.2) is 0 Å². The summed E-state index contributed by atoms with van der Waals surface area (Å²) in [4.78, 5) is 39.3. The Hall–Kier alpha value is -3.54. The molecule has 264 valence electrons. The molecule has 1 aliphatic carbocycles. The molecule has 1 heterocycles. The molecule has 2 aliphatic rings. The smallest absolute Gasteiger partial charge is 0.328 e. The molecule has 0 aromatic heterocycles. The number of carbonyl (C=O) groups is 3. The standard InChI is InChI=1S/C37H52N2O8S/c1-23-15-14-19-28-34(43)29(22-30(40)35(28)48-5)39-32(41)21-27(46-4)18-12-7-6-8-13-20-31(24(2)33(23)42)47-37(45)25(3)38-36(44)26-16-10-9-11-17-26/h6-8,12-13,15,18,22,24-27,31,33,40,42-43H,9-11,14,16-17,19-21H2,1-5H3,(H,38,44)(H,39,41)/b7-6+,13-8+,18-12+,23-15-/t24-,25+,27-,31-,33-/m0/s1. The Morgan fingerprint density at radius 3 is 2.50 bits per heavy atom. The summed E-state index contributed by atoms with van der Waals surface area (Å²) in [6.07, 6.45) is 18.0. The quantitative estimate of drug-likeness (QED) is 0.0785. The second-order valence-corrected chi connectivity index (χ2v) is 13.4. The van der Waals surface area contributed by atoms with Gasteiger partial charge in [0.1, 0.15) is 23.6 Å². The molecule has 5 N–H and O–H groups in total. The molecule has 1 aliphatic heterocycles. The van der Waals surface area contributed by atoms with E-state index in [9.17, 15) is 29.7 Å². The fourth-order valence-corrected chi connectivity index (χ4v) is 6.74. The average molecular weight is 685 g/mol. The number of rotatable bonds is 6. The number of amides is 2. The number of aromatic hydroxyl groups is 2. The number of aliphatic hydroxyl groups excluding tert-OH is 1. The minimum atomic E-state index is -0.950. The SMILES string of the molecule is CO[C@H]1/C=C/C=C/C=C/C[C@H](OC(=O)[C@@H](C)NC(=O)C2CCCCC2)[C@H](C)[C@@H](O)/C(C)=C\CCc2c(O)c(cc(O)c2SC)NC(=O)C1. The van der Waals surface area contributed by atoms with Crippen molar-refractivity contribution in [3.63, 3.8) is 0 Å². The van der Waals surface area contributed by atoms with Crippen LogP contribution in [-0.4, -0.2) is 70.8 Å². The van der Waals surface area contributed by atoms with Crippen LogP contribution in [0.3, 0.4) is 0 Å². The molecule has 2 bridgehead atoms. The van der Waals surface area contributed by atoms with E-state index in [-0.39, 0.29) is 35.4 Å². The Bertz CT molecular complexity index is 1380. The summed E-state index contributed by atoms with van der Waals surface area (Å²) in [7, 11) is 1.50. The first-order valence-electron chi connectivity index (χ1n) is 16.8. The summed E-state index contributed by atoms with van der Waals surface area (Å²) < 4.78 is 11.4. The first-order valence-corrected chi connectivity index (χ1v) is 18.0. The van der Waals surface area contributed by atoms with Gasteiger partial charge in [-0.3, -0.25) is 9.59 Å². The Kier molecular flexibility index (Phi) is 15.8. The predicted octanol–water partition coefficient (Wildman–Crippen LogP) is 6.11. The highest BCUT2D eigenvalue weighted by atomic mass is 32.2. The highest BCUT2D eigenvalue weighted by Crippen LogP contribution is 2.42. The zero-order chi connectivity index (χ0) is 35.2. The maximum atomic E-state index is 13.2. The number of hydrogen-bond acceptors (Lipinski definition) is 9. The molecule has 1 saturated carbocycles. The lowest BCUT2D eigenvalue weighted by atomic mass is 9.88. The minimum absolute atomic E-state index is 0.0131. The number of allylic oxidation sites excluding steroid dienone is 5. The number of nitrogens with one attached hydrogen (secondary N) is 2. The lowest BCUT2D eigenvalue weighted by Crippen LogP contribution is -2.45. The number of phenols is 2. The summed E-state index contributed by atoms with van der Waals surface area (Å²) in [6, 6.07) is 0.501. The molecule has 1 aromatic rings. The molecular weight excluding hydrogens is 632 g/mol. The molecular formula is C37H52N2O8S. The summed E-state index contributed by atoms with van der Waals surface area (Å²) in [6.45, 7) is 5.23. The maximum absolute atomic E-state index is 13.2. The third kappa shape index (κ3) is 11.3. The highest BCUT2D eigenvalue weighted by molar-refractivity contribution is 7.98. The number of fused-ring (bicyclic) bond motifs is 2. The van der Waals surface area contributed by atoms with Crippen molar-refractivity contribution in [2.75, 3.05) is 18.7 Å². The molecule has 5 atom stereocenters. The molecule has 1 fully saturated rings. The topological polar surface area (TPSA) is 154 Å². The summed E-state index contributed by atoms with van der Waals surface area (Å²) in [5.41, 5.74) is 1.24. The largest absolute Gasteiger partial charge is 0.507 e. The van der Waals surface area contributed by atoms with Crippen LogP contribution in [0.15, 0.2) is 59.1 Å². The van der Waals surface area contributed by atoms with Crippen LogP contribution in [0.2, 0.25) is 0 Å². The molecule has 10 nitrogen and oxygen atoms in total. The van der Waals surface area contributed by atoms with Gasteiger partial charge in [-0.2, -0.15) is 0 Å². The average Bonchev–Trinajstić information content (AvgIpc) is 3.07. The van der Waals surface area contributed by atoms with Gasteiger partial charge in [0.05, 0.1) is 29.2 Å². The van der Waals surface area contributed by atoms with E-state index in [1.807, 2.05) is 25.2 Å². The van der Waals surface area contributed by atoms with Gasteiger partial charge in [0.25, 0.3) is 0 Å². The van der Waals surface area contributed by atoms with Gasteiger partial charge in [0, 0.05) is 37.0 Å². The third-order valence-electron chi connectivity index (χ3n) is 9.03. The lowest BCUT2D eigenvalue weighted by molar-refractivity contribution is -0.156. The van der Waals surface area contributed by atoms with Gasteiger partial charge < -0.3 is 35.4 Å². The molecule has 0 unspecified atom stereocenters. The van der Waals surface area contributed by atoms with Crippen molar-refractivity contribution in [1.29, 1.82) is 0 Å². The molecule has 0 saturated heterocycles. The van der Waals surface area contributed by atoms with Crippen LogP contribution in [0, 0.1) is 11.8 Å². The van der Waals surface area contributed by atoms with Gasteiger partial charge in [-0.05, 0) is 51.4 Å². The number of ether oxygens (including phenoxy) is 2. The summed E-state index contributed by atoms with van der Waals surface area (Å²) in [5.74, 6) is -1.85. The van der Waals surface area contributed by atoms with Crippen LogP contribution >= 0.6 is 11.8 Å².